The molecule has 0 aliphatic heterocycles. The molecule has 2 N–H and O–H groups in total. The van der Waals surface area contributed by atoms with E-state index in [0.717, 1.165) is 5.69 Å². The van der Waals surface area contributed by atoms with Crippen LogP contribution in [-0.2, 0) is 0 Å². The molecule has 20 heavy (non-hydrogen) atoms. The van der Waals surface area contributed by atoms with Crippen LogP contribution >= 0.6 is 0 Å². The number of Topliss-reactive ketones (excluding diaryl/α,β-unsaturated/α-hetero) is 1. The third-order valence-electron chi connectivity index (χ3n) is 3.13. The Morgan fingerprint density at radius 3 is 2.35 bits per heavy atom. The van der Waals surface area contributed by atoms with E-state index in [0.29, 0.717) is 12.1 Å². The quantitative estimate of drug-likeness (QED) is 0.648. The van der Waals surface area contributed by atoms with Gasteiger partial charge in [-0.2, -0.15) is 0 Å². The molecule has 0 unspecified atom stereocenters. The molecule has 0 spiro atoms. The van der Waals surface area contributed by atoms with Crippen LogP contribution in [0.1, 0.15) is 17.3 Å². The van der Waals surface area contributed by atoms with Gasteiger partial charge in [-0.1, -0.05) is 18.2 Å². The summed E-state index contributed by atoms with van der Waals surface area (Å²) < 4.78 is 0. The van der Waals surface area contributed by atoms with Crippen molar-refractivity contribution < 1.29 is 15.0 Å². The predicted octanol–water partition coefficient (Wildman–Crippen LogP) is 2.81. The molecule has 2 aromatic carbocycles. The van der Waals surface area contributed by atoms with E-state index in [1.54, 1.807) is 0 Å². The second-order valence-corrected chi connectivity index (χ2v) is 4.48. The molecule has 4 heteroatoms. The fourth-order valence-corrected chi connectivity index (χ4v) is 1.99. The molecule has 0 aliphatic carbocycles. The van der Waals surface area contributed by atoms with Crippen LogP contribution < -0.4 is 4.90 Å². The molecule has 0 amide bonds. The first-order valence-corrected chi connectivity index (χ1v) is 6.47. The normalized spacial score (nSPS) is 10.2. The van der Waals surface area contributed by atoms with E-state index >= 15 is 0 Å². The Morgan fingerprint density at radius 2 is 1.75 bits per heavy atom. The van der Waals surface area contributed by atoms with Crippen molar-refractivity contribution in [1.29, 1.82) is 0 Å². The van der Waals surface area contributed by atoms with E-state index in [1.165, 1.54) is 18.2 Å². The molecule has 104 valence electrons. The van der Waals surface area contributed by atoms with Gasteiger partial charge in [0.1, 0.15) is 0 Å². The minimum Gasteiger partial charge on any atom is -0.504 e. The summed E-state index contributed by atoms with van der Waals surface area (Å²) in [4.78, 5) is 14.2. The summed E-state index contributed by atoms with van der Waals surface area (Å²) in [5, 5.41) is 18.7. The number of hydrogen-bond acceptors (Lipinski definition) is 4. The Bertz CT molecular complexity index is 596. The van der Waals surface area contributed by atoms with Crippen LogP contribution in [0.3, 0.4) is 0 Å². The molecule has 0 atom stereocenters. The van der Waals surface area contributed by atoms with Crippen LogP contribution in [0, 0.1) is 0 Å². The zero-order valence-electron chi connectivity index (χ0n) is 11.3. The predicted molar refractivity (Wildman–Crippen MR) is 78.4 cm³/mol. The van der Waals surface area contributed by atoms with Gasteiger partial charge in [0.25, 0.3) is 0 Å². The lowest BCUT2D eigenvalue weighted by Crippen LogP contribution is -2.29. The number of aromatic hydroxyl groups is 2. The minimum atomic E-state index is -0.279. The van der Waals surface area contributed by atoms with Gasteiger partial charge in [-0.15, -0.1) is 0 Å². The number of hydrogen-bond donors (Lipinski definition) is 2. The van der Waals surface area contributed by atoms with Gasteiger partial charge in [0.05, 0.1) is 6.54 Å². The number of para-hydroxylation sites is 1. The van der Waals surface area contributed by atoms with Crippen LogP contribution in [0.4, 0.5) is 5.69 Å². The van der Waals surface area contributed by atoms with Crippen LogP contribution in [0.2, 0.25) is 0 Å². The van der Waals surface area contributed by atoms with Crippen LogP contribution in [0.25, 0.3) is 0 Å². The summed E-state index contributed by atoms with van der Waals surface area (Å²) in [5.41, 5.74) is 1.36. The molecule has 0 saturated heterocycles. The van der Waals surface area contributed by atoms with Crippen molar-refractivity contribution in [1.82, 2.24) is 0 Å². The highest BCUT2D eigenvalue weighted by molar-refractivity contribution is 5.99. The summed E-state index contributed by atoms with van der Waals surface area (Å²) in [6.45, 7) is 2.92. The summed E-state index contributed by atoms with van der Waals surface area (Å²) in [7, 11) is 0. The Morgan fingerprint density at radius 1 is 1.05 bits per heavy atom. The van der Waals surface area contributed by atoms with Crippen molar-refractivity contribution in [3.05, 3.63) is 54.1 Å². The van der Waals surface area contributed by atoms with E-state index in [-0.39, 0.29) is 23.8 Å². The molecule has 0 saturated carbocycles. The number of rotatable bonds is 5. The lowest BCUT2D eigenvalue weighted by molar-refractivity contribution is 0.0999. The van der Waals surface area contributed by atoms with E-state index in [9.17, 15) is 15.0 Å². The van der Waals surface area contributed by atoms with Gasteiger partial charge in [0.2, 0.25) is 0 Å². The van der Waals surface area contributed by atoms with Crippen molar-refractivity contribution in [3.63, 3.8) is 0 Å². The molecule has 0 aromatic heterocycles. The molecule has 0 fully saturated rings. The number of phenolic OH excluding ortho intramolecular Hbond substituents is 2. The first-order valence-electron chi connectivity index (χ1n) is 6.47. The van der Waals surface area contributed by atoms with Crippen molar-refractivity contribution in [2.24, 2.45) is 0 Å². The Kier molecular flexibility index (Phi) is 4.25. The summed E-state index contributed by atoms with van der Waals surface area (Å²) in [6.07, 6.45) is 0. The van der Waals surface area contributed by atoms with Crippen LogP contribution in [-0.4, -0.2) is 29.1 Å². The lowest BCUT2D eigenvalue weighted by Gasteiger charge is -2.22. The molecule has 0 heterocycles. The topological polar surface area (TPSA) is 60.8 Å². The smallest absolute Gasteiger partial charge is 0.182 e. The fraction of sp³-hybridized carbons (Fsp3) is 0.188. The van der Waals surface area contributed by atoms with E-state index in [2.05, 4.69) is 0 Å². The first-order chi connectivity index (χ1) is 9.61. The third-order valence-corrected chi connectivity index (χ3v) is 3.13. The maximum absolute atomic E-state index is 12.2. The molecule has 0 bridgehead atoms. The largest absolute Gasteiger partial charge is 0.504 e. The Balaban J connectivity index is 2.15. The molecular formula is C16H17NO3. The number of carbonyl (C=O) groups is 1. The second kappa shape index (κ2) is 6.10. The van der Waals surface area contributed by atoms with Gasteiger partial charge in [0.15, 0.2) is 17.3 Å². The second-order valence-electron chi connectivity index (χ2n) is 4.48. The molecule has 2 aromatic rings. The Labute approximate surface area is 117 Å². The van der Waals surface area contributed by atoms with Gasteiger partial charge in [-0.25, -0.2) is 0 Å². The van der Waals surface area contributed by atoms with Crippen molar-refractivity contribution >= 4 is 11.5 Å². The van der Waals surface area contributed by atoms with Gasteiger partial charge in [-0.3, -0.25) is 4.79 Å². The van der Waals surface area contributed by atoms with Crippen molar-refractivity contribution in [2.75, 3.05) is 18.0 Å². The van der Waals surface area contributed by atoms with Crippen molar-refractivity contribution in [3.8, 4) is 11.5 Å². The fourth-order valence-electron chi connectivity index (χ4n) is 1.99. The number of ketones is 1. The molecule has 4 nitrogen and oxygen atoms in total. The van der Waals surface area contributed by atoms with Crippen LogP contribution in [0.15, 0.2) is 48.5 Å². The highest BCUT2D eigenvalue weighted by atomic mass is 16.3. The van der Waals surface area contributed by atoms with E-state index in [4.69, 9.17) is 0 Å². The van der Waals surface area contributed by atoms with Gasteiger partial charge in [0, 0.05) is 17.8 Å². The minimum absolute atomic E-state index is 0.106. The summed E-state index contributed by atoms with van der Waals surface area (Å²) in [5.74, 6) is -0.610. The number of benzene rings is 2. The Hall–Kier alpha value is -2.49. The maximum Gasteiger partial charge on any atom is 0.182 e. The zero-order chi connectivity index (χ0) is 14.5. The van der Waals surface area contributed by atoms with Crippen LogP contribution in [0.5, 0.6) is 11.5 Å². The third kappa shape index (κ3) is 3.09. The number of likely N-dealkylation sites (N-methyl/N-ethyl adjacent to an activating group) is 1. The average Bonchev–Trinajstić information content (AvgIpc) is 2.48. The molecular weight excluding hydrogens is 254 g/mol. The maximum atomic E-state index is 12.2. The zero-order valence-corrected chi connectivity index (χ0v) is 11.3. The van der Waals surface area contributed by atoms with Gasteiger partial charge >= 0.3 is 0 Å². The SMILES string of the molecule is CCN(CC(=O)c1ccc(O)c(O)c1)c1ccccc1. The van der Waals surface area contributed by atoms with E-state index in [1.807, 2.05) is 42.2 Å². The molecule has 2 rings (SSSR count). The number of nitrogens with zero attached hydrogens (tertiary/aromatic N) is 1. The number of anilines is 1. The number of phenols is 2. The summed E-state index contributed by atoms with van der Waals surface area (Å²) in [6, 6.07) is 13.8. The lowest BCUT2D eigenvalue weighted by atomic mass is 10.1. The van der Waals surface area contributed by atoms with E-state index < -0.39 is 0 Å². The van der Waals surface area contributed by atoms with Crippen molar-refractivity contribution in [2.45, 2.75) is 6.92 Å². The van der Waals surface area contributed by atoms with Gasteiger partial charge < -0.3 is 15.1 Å². The molecule has 0 aliphatic rings. The number of carbonyl (C=O) groups excluding carboxylic acids is 1. The average molecular weight is 271 g/mol. The highest BCUT2D eigenvalue weighted by Gasteiger charge is 2.13. The summed E-state index contributed by atoms with van der Waals surface area (Å²) >= 11 is 0. The first kappa shape index (κ1) is 13.9. The molecule has 0 radical (unpaired) electrons. The standard InChI is InChI=1S/C16H17NO3/c1-2-17(13-6-4-3-5-7-13)11-16(20)12-8-9-14(18)15(19)10-12/h3-10,18-19H,2,11H2,1H3. The highest BCUT2D eigenvalue weighted by Crippen LogP contribution is 2.25. The monoisotopic (exact) mass is 271 g/mol. The van der Waals surface area contributed by atoms with Gasteiger partial charge in [-0.05, 0) is 37.3 Å².